The number of nitrogens with zero attached hydrogens (tertiary/aromatic N) is 1. The Morgan fingerprint density at radius 1 is 1.05 bits per heavy atom. The molecular formula is C16H14N2O4. The normalized spacial score (nSPS) is 17.7. The predicted octanol–water partition coefficient (Wildman–Crippen LogP) is 1.84. The van der Waals surface area contributed by atoms with Gasteiger partial charge < -0.3 is 15.1 Å². The van der Waals surface area contributed by atoms with Crippen molar-refractivity contribution in [2.45, 2.75) is 12.6 Å². The average Bonchev–Trinajstić information content (AvgIpc) is 2.52. The highest BCUT2D eigenvalue weighted by molar-refractivity contribution is 6.37. The number of phenolic OH excluding ortho intramolecular Hbond substituents is 2. The van der Waals surface area contributed by atoms with Crippen molar-refractivity contribution in [2.24, 2.45) is 4.99 Å². The summed E-state index contributed by atoms with van der Waals surface area (Å²) in [6.07, 6.45) is -0.531. The number of nitrogens with one attached hydrogen (secondary N) is 1. The van der Waals surface area contributed by atoms with E-state index in [-0.39, 0.29) is 23.6 Å². The summed E-state index contributed by atoms with van der Waals surface area (Å²) < 4.78 is 0. The van der Waals surface area contributed by atoms with Crippen LogP contribution in [-0.2, 0) is 16.1 Å². The number of hydroxylamine groups is 1. The van der Waals surface area contributed by atoms with Gasteiger partial charge in [-0.15, -0.1) is 5.48 Å². The molecule has 1 heterocycles. The van der Waals surface area contributed by atoms with E-state index in [1.807, 2.05) is 0 Å². The molecule has 1 aliphatic heterocycles. The maximum absolute atomic E-state index is 11.8. The molecule has 0 saturated carbocycles. The molecule has 6 heteroatoms. The van der Waals surface area contributed by atoms with Crippen molar-refractivity contribution in [3.63, 3.8) is 0 Å². The second-order valence-electron chi connectivity index (χ2n) is 4.85. The van der Waals surface area contributed by atoms with Crippen LogP contribution in [0.25, 0.3) is 0 Å². The molecule has 0 amide bonds. The summed E-state index contributed by atoms with van der Waals surface area (Å²) in [7, 11) is 0. The molecule has 0 fully saturated rings. The molecule has 0 radical (unpaired) electrons. The van der Waals surface area contributed by atoms with Gasteiger partial charge in [-0.25, -0.2) is 4.79 Å². The maximum Gasteiger partial charge on any atom is 0.371 e. The monoisotopic (exact) mass is 298 g/mol. The molecule has 112 valence electrons. The van der Waals surface area contributed by atoms with Gasteiger partial charge in [-0.05, 0) is 12.1 Å². The lowest BCUT2D eigenvalue weighted by molar-refractivity contribution is -0.146. The molecule has 0 spiro atoms. The van der Waals surface area contributed by atoms with Gasteiger partial charge in [-0.3, -0.25) is 4.99 Å². The van der Waals surface area contributed by atoms with Crippen molar-refractivity contribution >= 4 is 11.7 Å². The number of carbonyl (C=O) groups is 1. The Kier molecular flexibility index (Phi) is 3.76. The largest absolute Gasteiger partial charge is 0.508 e. The lowest BCUT2D eigenvalue weighted by Crippen LogP contribution is -2.36. The topological polar surface area (TPSA) is 91.2 Å². The first kappa shape index (κ1) is 14.1. The van der Waals surface area contributed by atoms with E-state index in [1.165, 1.54) is 6.07 Å². The van der Waals surface area contributed by atoms with Crippen LogP contribution in [-0.4, -0.2) is 21.9 Å². The fraction of sp³-hybridized carbons (Fsp3) is 0.125. The van der Waals surface area contributed by atoms with Crippen molar-refractivity contribution in [3.8, 4) is 11.5 Å². The Bertz CT molecular complexity index is 742. The van der Waals surface area contributed by atoms with E-state index < -0.39 is 12.1 Å². The summed E-state index contributed by atoms with van der Waals surface area (Å²) >= 11 is 0. The SMILES string of the molecule is O=C1ONC(c2ccccc2O)N=C1Cc1ccccc1O. The molecule has 0 saturated heterocycles. The zero-order valence-electron chi connectivity index (χ0n) is 11.6. The van der Waals surface area contributed by atoms with Gasteiger partial charge in [0.25, 0.3) is 0 Å². The molecule has 0 aromatic heterocycles. The van der Waals surface area contributed by atoms with E-state index in [0.29, 0.717) is 11.1 Å². The van der Waals surface area contributed by atoms with Crippen LogP contribution in [0.2, 0.25) is 0 Å². The molecule has 1 aliphatic rings. The number of aromatic hydroxyl groups is 2. The van der Waals surface area contributed by atoms with Crippen LogP contribution in [0.15, 0.2) is 53.5 Å². The summed E-state index contributed by atoms with van der Waals surface area (Å²) in [6, 6.07) is 13.4. The number of hydrogen-bond donors (Lipinski definition) is 3. The number of para-hydroxylation sites is 2. The van der Waals surface area contributed by atoms with E-state index >= 15 is 0 Å². The van der Waals surface area contributed by atoms with Crippen molar-refractivity contribution in [1.82, 2.24) is 5.48 Å². The molecule has 0 aliphatic carbocycles. The highest BCUT2D eigenvalue weighted by atomic mass is 16.7. The molecule has 2 aromatic carbocycles. The summed E-state index contributed by atoms with van der Waals surface area (Å²) in [5.74, 6) is -0.450. The zero-order chi connectivity index (χ0) is 15.5. The number of aliphatic imine (C=N–C) groups is 1. The minimum atomic E-state index is -0.681. The molecule has 6 nitrogen and oxygen atoms in total. The van der Waals surface area contributed by atoms with Gasteiger partial charge in [0.2, 0.25) is 0 Å². The second kappa shape index (κ2) is 5.87. The number of carbonyl (C=O) groups excluding carboxylic acids is 1. The highest BCUT2D eigenvalue weighted by Crippen LogP contribution is 2.27. The fourth-order valence-electron chi connectivity index (χ4n) is 2.21. The van der Waals surface area contributed by atoms with Crippen LogP contribution in [0.5, 0.6) is 11.5 Å². The summed E-state index contributed by atoms with van der Waals surface area (Å²) in [5.41, 5.74) is 3.76. The summed E-state index contributed by atoms with van der Waals surface area (Å²) in [4.78, 5) is 21.0. The van der Waals surface area contributed by atoms with Gasteiger partial charge in [-0.2, -0.15) is 0 Å². The molecule has 3 rings (SSSR count). The van der Waals surface area contributed by atoms with Crippen LogP contribution in [0.1, 0.15) is 17.3 Å². The predicted molar refractivity (Wildman–Crippen MR) is 79.3 cm³/mol. The lowest BCUT2D eigenvalue weighted by atomic mass is 10.1. The molecular weight excluding hydrogens is 284 g/mol. The van der Waals surface area contributed by atoms with Gasteiger partial charge in [0.1, 0.15) is 17.2 Å². The average molecular weight is 298 g/mol. The maximum atomic E-state index is 11.8. The van der Waals surface area contributed by atoms with Gasteiger partial charge in [0.05, 0.1) is 0 Å². The van der Waals surface area contributed by atoms with Gasteiger partial charge in [0.15, 0.2) is 6.17 Å². The standard InChI is InChI=1S/C16H14N2O4/c19-13-7-3-1-5-10(13)9-12-16(21)22-18-15(17-12)11-6-2-4-8-14(11)20/h1-8,15,18-20H,9H2. The Morgan fingerprint density at radius 2 is 1.73 bits per heavy atom. The molecule has 1 unspecified atom stereocenters. The highest BCUT2D eigenvalue weighted by Gasteiger charge is 2.26. The lowest BCUT2D eigenvalue weighted by Gasteiger charge is -2.21. The van der Waals surface area contributed by atoms with Gasteiger partial charge >= 0.3 is 5.97 Å². The molecule has 2 aromatic rings. The zero-order valence-corrected chi connectivity index (χ0v) is 11.6. The Labute approximate surface area is 126 Å². The van der Waals surface area contributed by atoms with Gasteiger partial charge in [0, 0.05) is 17.5 Å². The first-order chi connectivity index (χ1) is 10.6. The quantitative estimate of drug-likeness (QED) is 0.804. The number of hydrogen-bond acceptors (Lipinski definition) is 6. The number of phenols is 2. The number of benzene rings is 2. The Balaban J connectivity index is 1.91. The molecule has 1 atom stereocenters. The third-order valence-corrected chi connectivity index (χ3v) is 3.36. The molecule has 0 bridgehead atoms. The van der Waals surface area contributed by atoms with E-state index in [4.69, 9.17) is 4.84 Å². The molecule has 22 heavy (non-hydrogen) atoms. The minimum absolute atomic E-state index is 0.0589. The second-order valence-corrected chi connectivity index (χ2v) is 4.85. The van der Waals surface area contributed by atoms with Crippen molar-refractivity contribution < 1.29 is 19.8 Å². The number of rotatable bonds is 3. The van der Waals surface area contributed by atoms with Gasteiger partial charge in [-0.1, -0.05) is 36.4 Å². The Hall–Kier alpha value is -2.86. The Morgan fingerprint density at radius 3 is 2.45 bits per heavy atom. The van der Waals surface area contributed by atoms with Crippen LogP contribution < -0.4 is 5.48 Å². The first-order valence-corrected chi connectivity index (χ1v) is 6.73. The first-order valence-electron chi connectivity index (χ1n) is 6.73. The van der Waals surface area contributed by atoms with Crippen molar-refractivity contribution in [3.05, 3.63) is 59.7 Å². The van der Waals surface area contributed by atoms with E-state index in [0.717, 1.165) is 0 Å². The van der Waals surface area contributed by atoms with Crippen LogP contribution in [0.4, 0.5) is 0 Å². The summed E-state index contributed by atoms with van der Waals surface area (Å²) in [5, 5.41) is 19.7. The summed E-state index contributed by atoms with van der Waals surface area (Å²) in [6.45, 7) is 0. The van der Waals surface area contributed by atoms with Crippen LogP contribution in [0.3, 0.4) is 0 Å². The van der Waals surface area contributed by atoms with E-state index in [9.17, 15) is 15.0 Å². The third-order valence-electron chi connectivity index (χ3n) is 3.36. The van der Waals surface area contributed by atoms with Crippen molar-refractivity contribution in [1.29, 1.82) is 0 Å². The van der Waals surface area contributed by atoms with E-state index in [2.05, 4.69) is 10.5 Å². The minimum Gasteiger partial charge on any atom is -0.508 e. The van der Waals surface area contributed by atoms with Crippen LogP contribution in [0, 0.1) is 0 Å². The molecule has 3 N–H and O–H groups in total. The van der Waals surface area contributed by atoms with E-state index in [1.54, 1.807) is 42.5 Å². The van der Waals surface area contributed by atoms with Crippen LogP contribution >= 0.6 is 0 Å². The third kappa shape index (κ3) is 2.77. The fourth-order valence-corrected chi connectivity index (χ4v) is 2.21. The van der Waals surface area contributed by atoms with Crippen molar-refractivity contribution in [2.75, 3.05) is 0 Å². The smallest absolute Gasteiger partial charge is 0.371 e.